The molecule has 0 aliphatic rings. The number of carbonyl (C=O) groups excluding carboxylic acids is 1. The molecule has 2 aromatic carbocycles. The van der Waals surface area contributed by atoms with Gasteiger partial charge in [0, 0.05) is 5.56 Å². The molecule has 1 atom stereocenters. The van der Waals surface area contributed by atoms with Crippen LogP contribution in [0.5, 0.6) is 0 Å². The van der Waals surface area contributed by atoms with Gasteiger partial charge in [-0.1, -0.05) is 17.4 Å². The number of aromatic nitrogens is 1. The van der Waals surface area contributed by atoms with Crippen molar-refractivity contribution in [3.8, 4) is 0 Å². The monoisotopic (exact) mass is 422 g/mol. The molecule has 3 rings (SSSR count). The van der Waals surface area contributed by atoms with E-state index in [2.05, 4.69) is 4.99 Å². The normalized spacial score (nSPS) is 13.7. The Bertz CT molecular complexity index is 1190. The summed E-state index contributed by atoms with van der Waals surface area (Å²) >= 11 is 1.12. The second-order valence-electron chi connectivity index (χ2n) is 6.67. The summed E-state index contributed by atoms with van der Waals surface area (Å²) in [5.41, 5.74) is 1.36. The highest BCUT2D eigenvalue weighted by atomic mass is 32.1. The molecule has 1 unspecified atom stereocenters. The van der Waals surface area contributed by atoms with Crippen molar-refractivity contribution in [3.05, 3.63) is 63.5 Å². The standard InChI is InChI=1S/C20H17F3N2O3S/c1-10-7-15-16(8-11(10)2)29-19(25(15)12(3)18(27)28)24-17(26)13-5-4-6-14(9-13)20(21,22)23/h4-9,12H,1-3H3,(H,27,28)/b24-19-. The molecule has 3 aromatic rings. The van der Waals surface area contributed by atoms with E-state index in [1.807, 2.05) is 26.0 Å². The van der Waals surface area contributed by atoms with Gasteiger partial charge in [-0.15, -0.1) is 0 Å². The number of aliphatic carboxylic acids is 1. The number of carboxylic acids is 1. The van der Waals surface area contributed by atoms with Crippen LogP contribution in [-0.2, 0) is 11.0 Å². The summed E-state index contributed by atoms with van der Waals surface area (Å²) in [6, 6.07) is 6.65. The van der Waals surface area contributed by atoms with Gasteiger partial charge in [-0.2, -0.15) is 18.2 Å². The van der Waals surface area contributed by atoms with Crippen LogP contribution in [0.3, 0.4) is 0 Å². The fourth-order valence-corrected chi connectivity index (χ4v) is 4.01. The molecule has 0 saturated carbocycles. The van der Waals surface area contributed by atoms with Gasteiger partial charge >= 0.3 is 12.1 Å². The number of thiazole rings is 1. The molecule has 29 heavy (non-hydrogen) atoms. The van der Waals surface area contributed by atoms with Crippen LogP contribution < -0.4 is 4.80 Å². The third kappa shape index (κ3) is 4.09. The largest absolute Gasteiger partial charge is 0.480 e. The van der Waals surface area contributed by atoms with Crippen LogP contribution in [0.4, 0.5) is 13.2 Å². The van der Waals surface area contributed by atoms with Crippen molar-refractivity contribution in [2.24, 2.45) is 4.99 Å². The Morgan fingerprint density at radius 2 is 1.79 bits per heavy atom. The molecule has 0 fully saturated rings. The Morgan fingerprint density at radius 3 is 2.41 bits per heavy atom. The summed E-state index contributed by atoms with van der Waals surface area (Å²) in [6.07, 6.45) is -4.58. The van der Waals surface area contributed by atoms with Crippen LogP contribution in [0.1, 0.15) is 40.0 Å². The molecule has 0 bridgehead atoms. The van der Waals surface area contributed by atoms with Crippen LogP contribution in [0.25, 0.3) is 10.2 Å². The maximum Gasteiger partial charge on any atom is 0.416 e. The summed E-state index contributed by atoms with van der Waals surface area (Å²) in [7, 11) is 0. The van der Waals surface area contributed by atoms with E-state index < -0.39 is 29.7 Å². The third-order valence-corrected chi connectivity index (χ3v) is 5.64. The minimum Gasteiger partial charge on any atom is -0.480 e. The molecule has 0 radical (unpaired) electrons. The maximum atomic E-state index is 12.9. The number of carboxylic acid groups (broad SMARTS) is 1. The average molecular weight is 422 g/mol. The number of hydrogen-bond acceptors (Lipinski definition) is 3. The molecular formula is C20H17F3N2O3S. The second kappa shape index (κ2) is 7.47. The number of alkyl halides is 3. The summed E-state index contributed by atoms with van der Waals surface area (Å²) in [5.74, 6) is -1.99. The zero-order valence-electron chi connectivity index (χ0n) is 15.7. The minimum absolute atomic E-state index is 0.113. The van der Waals surface area contributed by atoms with Crippen molar-refractivity contribution in [1.29, 1.82) is 0 Å². The van der Waals surface area contributed by atoms with Crippen molar-refractivity contribution in [1.82, 2.24) is 4.57 Å². The number of fused-ring (bicyclic) bond motifs is 1. The lowest BCUT2D eigenvalue weighted by molar-refractivity contribution is -0.140. The third-order valence-electron chi connectivity index (χ3n) is 4.62. The molecule has 1 aromatic heterocycles. The van der Waals surface area contributed by atoms with Gasteiger partial charge < -0.3 is 9.67 Å². The summed E-state index contributed by atoms with van der Waals surface area (Å²) < 4.78 is 40.9. The van der Waals surface area contributed by atoms with Crippen molar-refractivity contribution < 1.29 is 27.9 Å². The summed E-state index contributed by atoms with van der Waals surface area (Å²) in [4.78, 5) is 28.2. The quantitative estimate of drug-likeness (QED) is 0.664. The van der Waals surface area contributed by atoms with Crippen molar-refractivity contribution in [2.45, 2.75) is 33.0 Å². The van der Waals surface area contributed by atoms with Gasteiger partial charge in [0.05, 0.1) is 15.8 Å². The number of nitrogens with zero attached hydrogens (tertiary/aromatic N) is 2. The Balaban J connectivity index is 2.21. The zero-order valence-corrected chi connectivity index (χ0v) is 16.6. The maximum absolute atomic E-state index is 12.9. The Kier molecular flexibility index (Phi) is 5.36. The van der Waals surface area contributed by atoms with Gasteiger partial charge in [0.15, 0.2) is 4.80 Å². The van der Waals surface area contributed by atoms with Crippen molar-refractivity contribution in [2.75, 3.05) is 0 Å². The first-order valence-corrected chi connectivity index (χ1v) is 9.42. The predicted octanol–water partition coefficient (Wildman–Crippen LogP) is 4.73. The lowest BCUT2D eigenvalue weighted by Crippen LogP contribution is -2.25. The molecular weight excluding hydrogens is 405 g/mol. The molecule has 0 saturated heterocycles. The highest BCUT2D eigenvalue weighted by Gasteiger charge is 2.31. The lowest BCUT2D eigenvalue weighted by atomic mass is 10.1. The van der Waals surface area contributed by atoms with Crippen LogP contribution in [0.2, 0.25) is 0 Å². The molecule has 9 heteroatoms. The molecule has 0 aliphatic heterocycles. The highest BCUT2D eigenvalue weighted by Crippen LogP contribution is 2.30. The molecule has 0 spiro atoms. The van der Waals surface area contributed by atoms with Crippen molar-refractivity contribution >= 4 is 33.4 Å². The van der Waals surface area contributed by atoms with E-state index >= 15 is 0 Å². The zero-order chi connectivity index (χ0) is 21.5. The fraction of sp³-hybridized carbons (Fsp3) is 0.250. The van der Waals surface area contributed by atoms with Gasteiger partial charge in [-0.25, -0.2) is 4.79 Å². The van der Waals surface area contributed by atoms with E-state index in [0.29, 0.717) is 5.52 Å². The molecule has 1 N–H and O–H groups in total. The lowest BCUT2D eigenvalue weighted by Gasteiger charge is -2.11. The van der Waals surface area contributed by atoms with E-state index in [1.165, 1.54) is 17.6 Å². The second-order valence-corrected chi connectivity index (χ2v) is 7.68. The smallest absolute Gasteiger partial charge is 0.416 e. The van der Waals surface area contributed by atoms with Crippen LogP contribution in [0, 0.1) is 13.8 Å². The molecule has 1 amide bonds. The Morgan fingerprint density at radius 1 is 1.14 bits per heavy atom. The minimum atomic E-state index is -4.58. The molecule has 0 aliphatic carbocycles. The van der Waals surface area contributed by atoms with Crippen molar-refractivity contribution in [3.63, 3.8) is 0 Å². The SMILES string of the molecule is Cc1cc2s/c(=N\C(=O)c3cccc(C(F)(F)F)c3)n(C(C)C(=O)O)c2cc1C. The van der Waals surface area contributed by atoms with Gasteiger partial charge in [0.25, 0.3) is 5.91 Å². The number of hydrogen-bond donors (Lipinski definition) is 1. The summed E-state index contributed by atoms with van der Waals surface area (Å²) in [6.45, 7) is 5.24. The van der Waals surface area contributed by atoms with Crippen LogP contribution in [0.15, 0.2) is 41.4 Å². The number of rotatable bonds is 3. The number of halogens is 3. The first kappa shape index (κ1) is 20.8. The number of carbonyl (C=O) groups is 2. The first-order valence-electron chi connectivity index (χ1n) is 8.60. The van der Waals surface area contributed by atoms with Gasteiger partial charge in [0.1, 0.15) is 6.04 Å². The first-order chi connectivity index (χ1) is 13.5. The van der Waals surface area contributed by atoms with Gasteiger partial charge in [-0.3, -0.25) is 4.79 Å². The van der Waals surface area contributed by atoms with Crippen LogP contribution in [-0.4, -0.2) is 21.6 Å². The van der Waals surface area contributed by atoms with Gasteiger partial charge in [0.2, 0.25) is 0 Å². The molecule has 5 nitrogen and oxygen atoms in total. The highest BCUT2D eigenvalue weighted by molar-refractivity contribution is 7.16. The Labute approximate surface area is 167 Å². The van der Waals surface area contributed by atoms with E-state index in [4.69, 9.17) is 0 Å². The number of amides is 1. The van der Waals surface area contributed by atoms with Gasteiger partial charge in [-0.05, 0) is 62.2 Å². The van der Waals surface area contributed by atoms with Crippen LogP contribution >= 0.6 is 11.3 Å². The van der Waals surface area contributed by atoms with E-state index in [9.17, 15) is 27.9 Å². The Hall–Kier alpha value is -2.94. The van der Waals surface area contributed by atoms with E-state index in [0.717, 1.165) is 45.4 Å². The molecule has 1 heterocycles. The molecule has 152 valence electrons. The number of aryl methyl sites for hydroxylation is 2. The fourth-order valence-electron chi connectivity index (χ4n) is 2.84. The topological polar surface area (TPSA) is 71.7 Å². The number of benzene rings is 2. The predicted molar refractivity (Wildman–Crippen MR) is 103 cm³/mol. The summed E-state index contributed by atoms with van der Waals surface area (Å²) in [5, 5.41) is 9.47. The van der Waals surface area contributed by atoms with E-state index in [-0.39, 0.29) is 10.4 Å². The van der Waals surface area contributed by atoms with E-state index in [1.54, 1.807) is 0 Å². The average Bonchev–Trinajstić information content (AvgIpc) is 2.97.